The maximum Gasteiger partial charge on any atom is 0.215 e. The number of hydrogen-bond acceptors (Lipinski definition) is 3. The Morgan fingerprint density at radius 1 is 1.29 bits per heavy atom. The summed E-state index contributed by atoms with van der Waals surface area (Å²) in [5.74, 6) is 0.361. The number of rotatable bonds is 6. The predicted octanol–water partition coefficient (Wildman–Crippen LogP) is 1.73. The molecule has 1 aromatic rings. The zero-order chi connectivity index (χ0) is 12.9. The molecule has 1 atom stereocenters. The van der Waals surface area contributed by atoms with Gasteiger partial charge in [-0.2, -0.15) is 0 Å². The second kappa shape index (κ2) is 6.02. The van der Waals surface area contributed by atoms with E-state index in [9.17, 15) is 8.42 Å². The van der Waals surface area contributed by atoms with Gasteiger partial charge in [-0.1, -0.05) is 32.4 Å². The SMILES string of the molecule is CCC(C)CNS(=O)(=O)Cc1ccc(N)cc1. The molecular weight excluding hydrogens is 236 g/mol. The number of nitrogens with two attached hydrogens (primary N) is 1. The first-order chi connectivity index (χ1) is 7.93. The molecule has 3 N–H and O–H groups in total. The molecule has 0 aliphatic heterocycles. The maximum absolute atomic E-state index is 11.8. The summed E-state index contributed by atoms with van der Waals surface area (Å²) in [5.41, 5.74) is 6.93. The van der Waals surface area contributed by atoms with Gasteiger partial charge in [0, 0.05) is 12.2 Å². The van der Waals surface area contributed by atoms with Crippen LogP contribution in [0.25, 0.3) is 0 Å². The van der Waals surface area contributed by atoms with Crippen molar-refractivity contribution in [2.24, 2.45) is 5.92 Å². The van der Waals surface area contributed by atoms with Gasteiger partial charge in [0.25, 0.3) is 0 Å². The van der Waals surface area contributed by atoms with Crippen LogP contribution in [-0.2, 0) is 15.8 Å². The third-order valence-electron chi connectivity index (χ3n) is 2.69. The Labute approximate surface area is 103 Å². The minimum atomic E-state index is -3.24. The quantitative estimate of drug-likeness (QED) is 0.761. The molecule has 0 saturated heterocycles. The van der Waals surface area contributed by atoms with E-state index in [2.05, 4.69) is 4.72 Å². The van der Waals surface area contributed by atoms with E-state index in [0.717, 1.165) is 12.0 Å². The van der Waals surface area contributed by atoms with Crippen molar-refractivity contribution < 1.29 is 8.42 Å². The number of benzene rings is 1. The second-order valence-electron chi connectivity index (χ2n) is 4.36. The second-order valence-corrected chi connectivity index (χ2v) is 6.17. The van der Waals surface area contributed by atoms with Gasteiger partial charge < -0.3 is 5.73 Å². The minimum Gasteiger partial charge on any atom is -0.399 e. The van der Waals surface area contributed by atoms with Crippen LogP contribution < -0.4 is 10.5 Å². The Kier molecular flexibility index (Phi) is 4.96. The van der Waals surface area contributed by atoms with Crippen molar-refractivity contribution in [3.8, 4) is 0 Å². The zero-order valence-electron chi connectivity index (χ0n) is 10.3. The summed E-state index contributed by atoms with van der Waals surface area (Å²) in [6.07, 6.45) is 0.963. The van der Waals surface area contributed by atoms with Gasteiger partial charge in [-0.25, -0.2) is 13.1 Å². The van der Waals surface area contributed by atoms with Crippen molar-refractivity contribution in [1.29, 1.82) is 0 Å². The molecule has 0 heterocycles. The van der Waals surface area contributed by atoms with Gasteiger partial charge in [0.1, 0.15) is 0 Å². The molecule has 5 heteroatoms. The molecule has 0 radical (unpaired) electrons. The van der Waals surface area contributed by atoms with E-state index in [1.54, 1.807) is 24.3 Å². The van der Waals surface area contributed by atoms with E-state index in [1.807, 2.05) is 13.8 Å². The van der Waals surface area contributed by atoms with Crippen LogP contribution in [0.1, 0.15) is 25.8 Å². The number of hydrogen-bond donors (Lipinski definition) is 2. The topological polar surface area (TPSA) is 72.2 Å². The van der Waals surface area contributed by atoms with Crippen molar-refractivity contribution in [2.75, 3.05) is 12.3 Å². The Hall–Kier alpha value is -1.07. The lowest BCUT2D eigenvalue weighted by Gasteiger charge is -2.10. The van der Waals surface area contributed by atoms with Crippen LogP contribution in [0.15, 0.2) is 24.3 Å². The molecule has 1 unspecified atom stereocenters. The standard InChI is InChI=1S/C12H20N2O2S/c1-3-10(2)8-14-17(15,16)9-11-4-6-12(13)7-5-11/h4-7,10,14H,3,8-9,13H2,1-2H3. The van der Waals surface area contributed by atoms with Crippen LogP contribution in [0.5, 0.6) is 0 Å². The molecule has 17 heavy (non-hydrogen) atoms. The van der Waals surface area contributed by atoms with Crippen LogP contribution in [0.3, 0.4) is 0 Å². The van der Waals surface area contributed by atoms with Crippen molar-refractivity contribution in [3.63, 3.8) is 0 Å². The van der Waals surface area contributed by atoms with Crippen LogP contribution >= 0.6 is 0 Å². The molecule has 0 amide bonds. The first kappa shape index (κ1) is 14.0. The Morgan fingerprint density at radius 2 is 1.88 bits per heavy atom. The van der Waals surface area contributed by atoms with Gasteiger partial charge in [-0.3, -0.25) is 0 Å². The van der Waals surface area contributed by atoms with E-state index in [0.29, 0.717) is 18.2 Å². The van der Waals surface area contributed by atoms with Gasteiger partial charge in [0.2, 0.25) is 10.0 Å². The Morgan fingerprint density at radius 3 is 2.41 bits per heavy atom. The number of nitrogen functional groups attached to an aromatic ring is 1. The normalized spacial score (nSPS) is 13.5. The van der Waals surface area contributed by atoms with E-state index in [-0.39, 0.29) is 5.75 Å². The van der Waals surface area contributed by atoms with E-state index in [4.69, 9.17) is 5.73 Å². The summed E-state index contributed by atoms with van der Waals surface area (Å²) >= 11 is 0. The molecule has 0 aromatic heterocycles. The summed E-state index contributed by atoms with van der Waals surface area (Å²) in [7, 11) is -3.24. The molecule has 0 saturated carbocycles. The summed E-state index contributed by atoms with van der Waals surface area (Å²) < 4.78 is 26.1. The first-order valence-corrected chi connectivity index (χ1v) is 7.40. The summed E-state index contributed by atoms with van der Waals surface area (Å²) in [4.78, 5) is 0. The first-order valence-electron chi connectivity index (χ1n) is 5.74. The number of sulfonamides is 1. The van der Waals surface area contributed by atoms with Crippen LogP contribution in [0.4, 0.5) is 5.69 Å². The van der Waals surface area contributed by atoms with Crippen molar-refractivity contribution in [2.45, 2.75) is 26.0 Å². The molecule has 0 spiro atoms. The Bertz CT molecular complexity index is 440. The average Bonchev–Trinajstić information content (AvgIpc) is 2.29. The zero-order valence-corrected chi connectivity index (χ0v) is 11.1. The average molecular weight is 256 g/mol. The third kappa shape index (κ3) is 5.19. The van der Waals surface area contributed by atoms with Gasteiger partial charge in [-0.15, -0.1) is 0 Å². The number of nitrogens with one attached hydrogen (secondary N) is 1. The fraction of sp³-hybridized carbons (Fsp3) is 0.500. The van der Waals surface area contributed by atoms with Crippen molar-refractivity contribution >= 4 is 15.7 Å². The van der Waals surface area contributed by atoms with Crippen LogP contribution in [-0.4, -0.2) is 15.0 Å². The van der Waals surface area contributed by atoms with Crippen molar-refractivity contribution in [3.05, 3.63) is 29.8 Å². The van der Waals surface area contributed by atoms with Gasteiger partial charge in [0.05, 0.1) is 5.75 Å². The molecule has 0 aliphatic carbocycles. The molecule has 1 aromatic carbocycles. The van der Waals surface area contributed by atoms with E-state index >= 15 is 0 Å². The minimum absolute atomic E-state index is 0.00368. The lowest BCUT2D eigenvalue weighted by Crippen LogP contribution is -2.29. The highest BCUT2D eigenvalue weighted by Crippen LogP contribution is 2.09. The highest BCUT2D eigenvalue weighted by Gasteiger charge is 2.12. The third-order valence-corrected chi connectivity index (χ3v) is 4.00. The monoisotopic (exact) mass is 256 g/mol. The molecule has 1 rings (SSSR count). The van der Waals surface area contributed by atoms with Crippen LogP contribution in [0.2, 0.25) is 0 Å². The van der Waals surface area contributed by atoms with Gasteiger partial charge in [-0.05, 0) is 23.6 Å². The van der Waals surface area contributed by atoms with E-state index in [1.165, 1.54) is 0 Å². The van der Waals surface area contributed by atoms with E-state index < -0.39 is 10.0 Å². The highest BCUT2D eigenvalue weighted by atomic mass is 32.2. The molecule has 0 bridgehead atoms. The van der Waals surface area contributed by atoms with Crippen molar-refractivity contribution in [1.82, 2.24) is 4.72 Å². The lowest BCUT2D eigenvalue weighted by molar-refractivity contribution is 0.528. The molecule has 4 nitrogen and oxygen atoms in total. The smallest absolute Gasteiger partial charge is 0.215 e. The fourth-order valence-corrected chi connectivity index (χ4v) is 2.57. The molecular formula is C12H20N2O2S. The fourth-order valence-electron chi connectivity index (χ4n) is 1.30. The molecule has 0 aliphatic rings. The molecule has 96 valence electrons. The predicted molar refractivity (Wildman–Crippen MR) is 70.9 cm³/mol. The summed E-state index contributed by atoms with van der Waals surface area (Å²) in [6, 6.07) is 6.88. The largest absolute Gasteiger partial charge is 0.399 e. The van der Waals surface area contributed by atoms with Gasteiger partial charge in [0.15, 0.2) is 0 Å². The maximum atomic E-state index is 11.8. The summed E-state index contributed by atoms with van der Waals surface area (Å²) in [5, 5.41) is 0. The number of anilines is 1. The van der Waals surface area contributed by atoms with Crippen LogP contribution in [0, 0.1) is 5.92 Å². The van der Waals surface area contributed by atoms with Gasteiger partial charge >= 0.3 is 0 Å². The summed E-state index contributed by atoms with van der Waals surface area (Å²) in [6.45, 7) is 4.55. The molecule has 0 fully saturated rings. The lowest BCUT2D eigenvalue weighted by atomic mass is 10.1. The highest BCUT2D eigenvalue weighted by molar-refractivity contribution is 7.88. The Balaban J connectivity index is 2.57.